The van der Waals surface area contributed by atoms with Gasteiger partial charge in [0.05, 0.1) is 17.6 Å². The summed E-state index contributed by atoms with van der Waals surface area (Å²) in [6.07, 6.45) is 1.71. The van der Waals surface area contributed by atoms with Crippen molar-refractivity contribution in [3.05, 3.63) is 41.5 Å². The van der Waals surface area contributed by atoms with Crippen molar-refractivity contribution in [2.45, 2.75) is 19.9 Å². The van der Waals surface area contributed by atoms with Crippen LogP contribution in [-0.4, -0.2) is 15.0 Å². The molecule has 0 aliphatic carbocycles. The van der Waals surface area contributed by atoms with Gasteiger partial charge >= 0.3 is 0 Å². The second kappa shape index (κ2) is 4.02. The number of halogens is 1. The van der Waals surface area contributed by atoms with Crippen molar-refractivity contribution in [2.75, 3.05) is 0 Å². The summed E-state index contributed by atoms with van der Waals surface area (Å²) >= 11 is 0. The molecular formula is C11H13FN4. The van der Waals surface area contributed by atoms with Crippen LogP contribution in [0.4, 0.5) is 4.39 Å². The van der Waals surface area contributed by atoms with Gasteiger partial charge in [-0.05, 0) is 31.5 Å². The molecule has 1 atom stereocenters. The van der Waals surface area contributed by atoms with Crippen molar-refractivity contribution in [3.8, 4) is 5.69 Å². The largest absolute Gasteiger partial charge is 0.323 e. The van der Waals surface area contributed by atoms with Crippen molar-refractivity contribution >= 4 is 0 Å². The van der Waals surface area contributed by atoms with Gasteiger partial charge in [0.25, 0.3) is 0 Å². The topological polar surface area (TPSA) is 56.7 Å². The molecule has 2 N–H and O–H groups in total. The van der Waals surface area contributed by atoms with E-state index in [4.69, 9.17) is 5.73 Å². The molecule has 1 aromatic heterocycles. The maximum Gasteiger partial charge on any atom is 0.125 e. The first-order chi connectivity index (χ1) is 7.58. The van der Waals surface area contributed by atoms with Crippen LogP contribution in [0, 0.1) is 12.7 Å². The Labute approximate surface area is 92.9 Å². The molecule has 1 unspecified atom stereocenters. The van der Waals surface area contributed by atoms with Crippen LogP contribution in [0.25, 0.3) is 5.69 Å². The van der Waals surface area contributed by atoms with Crippen LogP contribution in [0.1, 0.15) is 24.2 Å². The Balaban J connectivity index is 2.46. The van der Waals surface area contributed by atoms with Crippen molar-refractivity contribution in [2.24, 2.45) is 5.73 Å². The molecule has 2 aromatic rings. The molecule has 1 aromatic carbocycles. The van der Waals surface area contributed by atoms with E-state index in [-0.39, 0.29) is 11.9 Å². The fraction of sp³-hybridized carbons (Fsp3) is 0.273. The zero-order valence-electron chi connectivity index (χ0n) is 9.18. The van der Waals surface area contributed by atoms with E-state index in [0.717, 1.165) is 5.56 Å². The van der Waals surface area contributed by atoms with Crippen LogP contribution >= 0.6 is 0 Å². The van der Waals surface area contributed by atoms with E-state index in [1.807, 2.05) is 13.8 Å². The second-order valence-corrected chi connectivity index (χ2v) is 3.81. The lowest BCUT2D eigenvalue weighted by atomic mass is 10.2. The van der Waals surface area contributed by atoms with Gasteiger partial charge in [-0.2, -0.15) is 0 Å². The van der Waals surface area contributed by atoms with E-state index in [1.54, 1.807) is 12.3 Å². The van der Waals surface area contributed by atoms with Gasteiger partial charge in [0, 0.05) is 6.04 Å². The molecule has 4 nitrogen and oxygen atoms in total. The quantitative estimate of drug-likeness (QED) is 0.838. The Kier molecular flexibility index (Phi) is 2.70. The van der Waals surface area contributed by atoms with Crippen molar-refractivity contribution in [1.29, 1.82) is 0 Å². The van der Waals surface area contributed by atoms with Gasteiger partial charge < -0.3 is 5.73 Å². The van der Waals surface area contributed by atoms with Gasteiger partial charge in [-0.25, -0.2) is 9.07 Å². The normalized spacial score (nSPS) is 12.8. The Bertz CT molecular complexity index is 504. The number of benzene rings is 1. The zero-order valence-corrected chi connectivity index (χ0v) is 9.18. The molecule has 2 rings (SSSR count). The number of hydrogen-bond donors (Lipinski definition) is 1. The highest BCUT2D eigenvalue weighted by atomic mass is 19.1. The number of hydrogen-bond acceptors (Lipinski definition) is 3. The molecular weight excluding hydrogens is 207 g/mol. The summed E-state index contributed by atoms with van der Waals surface area (Å²) in [6.45, 7) is 3.72. The van der Waals surface area contributed by atoms with Gasteiger partial charge in [-0.3, -0.25) is 0 Å². The summed E-state index contributed by atoms with van der Waals surface area (Å²) in [5, 5.41) is 7.86. The van der Waals surface area contributed by atoms with Crippen LogP contribution in [0.3, 0.4) is 0 Å². The van der Waals surface area contributed by atoms with Gasteiger partial charge in [0.15, 0.2) is 0 Å². The first-order valence-electron chi connectivity index (χ1n) is 5.02. The number of nitrogens with zero attached hydrogens (tertiary/aromatic N) is 3. The van der Waals surface area contributed by atoms with Crippen LogP contribution in [-0.2, 0) is 0 Å². The van der Waals surface area contributed by atoms with Crippen LogP contribution in [0.5, 0.6) is 0 Å². The minimum Gasteiger partial charge on any atom is -0.323 e. The average molecular weight is 220 g/mol. The second-order valence-electron chi connectivity index (χ2n) is 3.81. The van der Waals surface area contributed by atoms with Gasteiger partial charge in [-0.1, -0.05) is 11.3 Å². The summed E-state index contributed by atoms with van der Waals surface area (Å²) in [5.41, 5.74) is 7.98. The van der Waals surface area contributed by atoms with Crippen molar-refractivity contribution in [3.63, 3.8) is 0 Å². The van der Waals surface area contributed by atoms with Gasteiger partial charge in [0.1, 0.15) is 5.82 Å². The average Bonchev–Trinajstić information content (AvgIpc) is 2.70. The lowest BCUT2D eigenvalue weighted by molar-refractivity contribution is 0.624. The highest BCUT2D eigenvalue weighted by Crippen LogP contribution is 2.15. The summed E-state index contributed by atoms with van der Waals surface area (Å²) in [4.78, 5) is 0. The first kappa shape index (κ1) is 10.8. The molecule has 1 heterocycles. The maximum absolute atomic E-state index is 13.1. The Hall–Kier alpha value is -1.75. The molecule has 0 radical (unpaired) electrons. The summed E-state index contributed by atoms with van der Waals surface area (Å²) in [6, 6.07) is 4.37. The molecule has 0 spiro atoms. The Morgan fingerprint density at radius 1 is 1.44 bits per heavy atom. The lowest BCUT2D eigenvalue weighted by Crippen LogP contribution is -2.05. The third-order valence-corrected chi connectivity index (χ3v) is 2.40. The lowest BCUT2D eigenvalue weighted by Gasteiger charge is -2.04. The van der Waals surface area contributed by atoms with E-state index in [9.17, 15) is 4.39 Å². The summed E-state index contributed by atoms with van der Waals surface area (Å²) in [7, 11) is 0. The minimum absolute atomic E-state index is 0.178. The predicted molar refractivity (Wildman–Crippen MR) is 58.7 cm³/mol. The van der Waals surface area contributed by atoms with E-state index < -0.39 is 0 Å². The fourth-order valence-corrected chi connectivity index (χ4v) is 1.43. The number of rotatable bonds is 2. The number of aromatic nitrogens is 3. The van der Waals surface area contributed by atoms with E-state index in [0.29, 0.717) is 11.4 Å². The zero-order chi connectivity index (χ0) is 11.7. The molecule has 0 bridgehead atoms. The van der Waals surface area contributed by atoms with Crippen molar-refractivity contribution in [1.82, 2.24) is 15.0 Å². The molecule has 0 fully saturated rings. The highest BCUT2D eigenvalue weighted by molar-refractivity contribution is 5.39. The maximum atomic E-state index is 13.1. The molecule has 0 saturated carbocycles. The molecule has 0 aliphatic heterocycles. The first-order valence-corrected chi connectivity index (χ1v) is 5.02. The molecule has 84 valence electrons. The molecule has 16 heavy (non-hydrogen) atoms. The molecule has 5 heteroatoms. The monoisotopic (exact) mass is 220 g/mol. The smallest absolute Gasteiger partial charge is 0.125 e. The molecule has 0 saturated heterocycles. The highest BCUT2D eigenvalue weighted by Gasteiger charge is 2.08. The molecule has 0 aliphatic rings. The summed E-state index contributed by atoms with van der Waals surface area (Å²) in [5.74, 6) is -0.293. The van der Waals surface area contributed by atoms with E-state index >= 15 is 0 Å². The molecule has 0 amide bonds. The van der Waals surface area contributed by atoms with E-state index in [2.05, 4.69) is 10.3 Å². The standard InChI is InChI=1S/C11H13FN4/c1-7-3-4-9(12)5-11(7)16-6-10(8(2)13)14-15-16/h3-6,8H,13H2,1-2H3. The van der Waals surface area contributed by atoms with Crippen molar-refractivity contribution < 1.29 is 4.39 Å². The van der Waals surface area contributed by atoms with Crippen LogP contribution < -0.4 is 5.73 Å². The summed E-state index contributed by atoms with van der Waals surface area (Å²) < 4.78 is 14.7. The van der Waals surface area contributed by atoms with E-state index in [1.165, 1.54) is 16.8 Å². The fourth-order valence-electron chi connectivity index (χ4n) is 1.43. The minimum atomic E-state index is -0.293. The Morgan fingerprint density at radius 2 is 2.19 bits per heavy atom. The number of nitrogens with two attached hydrogens (primary N) is 1. The third kappa shape index (κ3) is 1.94. The Morgan fingerprint density at radius 3 is 2.81 bits per heavy atom. The predicted octanol–water partition coefficient (Wildman–Crippen LogP) is 1.73. The van der Waals surface area contributed by atoms with Crippen LogP contribution in [0.2, 0.25) is 0 Å². The third-order valence-electron chi connectivity index (χ3n) is 2.40. The van der Waals surface area contributed by atoms with Crippen LogP contribution in [0.15, 0.2) is 24.4 Å². The van der Waals surface area contributed by atoms with Gasteiger partial charge in [0.2, 0.25) is 0 Å². The SMILES string of the molecule is Cc1ccc(F)cc1-n1cc(C(C)N)nn1. The van der Waals surface area contributed by atoms with Gasteiger partial charge in [-0.15, -0.1) is 5.10 Å². The number of aryl methyl sites for hydroxylation is 1.